The minimum absolute atomic E-state index is 0.109. The van der Waals surface area contributed by atoms with E-state index in [4.69, 9.17) is 0 Å². The lowest BCUT2D eigenvalue weighted by atomic mass is 10.1. The Morgan fingerprint density at radius 3 is 2.29 bits per heavy atom. The maximum absolute atomic E-state index is 12.2. The fourth-order valence-corrected chi connectivity index (χ4v) is 2.92. The summed E-state index contributed by atoms with van der Waals surface area (Å²) in [5.74, 6) is -0.482. The second kappa shape index (κ2) is 7.65. The number of piperidine rings is 1. The first-order valence-corrected chi connectivity index (χ1v) is 9.83. The Hall–Kier alpha value is -2.09. The Bertz CT molecular complexity index is 683. The molecule has 24 heavy (non-hydrogen) atoms. The van der Waals surface area contributed by atoms with Crippen LogP contribution in [0.15, 0.2) is 30.3 Å². The van der Waals surface area contributed by atoms with Gasteiger partial charge >= 0.3 is 6.03 Å². The smallest absolute Gasteiger partial charge is 0.321 e. The number of carbonyl (C=O) groups is 2. The zero-order chi connectivity index (χ0) is 17.7. The molecule has 8 heteroatoms. The number of amides is 3. The summed E-state index contributed by atoms with van der Waals surface area (Å²) in [4.78, 5) is 25.8. The molecule has 1 aromatic carbocycles. The third kappa shape index (κ3) is 4.95. The topological polar surface area (TPSA) is 95.6 Å². The largest absolute Gasteiger partial charge is 0.352 e. The van der Waals surface area contributed by atoms with Gasteiger partial charge in [-0.3, -0.25) is 4.79 Å². The Morgan fingerprint density at radius 1 is 1.17 bits per heavy atom. The average molecular weight is 353 g/mol. The Balaban J connectivity index is 1.81. The summed E-state index contributed by atoms with van der Waals surface area (Å²) >= 11 is 0. The molecule has 0 radical (unpaired) electrons. The van der Waals surface area contributed by atoms with Crippen molar-refractivity contribution in [1.29, 1.82) is 0 Å². The number of carbonyl (C=O) groups excluding carboxylic acids is 2. The fraction of sp³-hybridized carbons (Fsp3) is 0.500. The number of rotatable bonds is 4. The predicted octanol–water partition coefficient (Wildman–Crippen LogP) is 1.23. The molecule has 7 nitrogen and oxygen atoms in total. The maximum Gasteiger partial charge on any atom is 0.321 e. The highest BCUT2D eigenvalue weighted by Gasteiger charge is 2.28. The number of para-hydroxylation sites is 1. The van der Waals surface area contributed by atoms with Crippen LogP contribution in [-0.2, 0) is 14.6 Å². The van der Waals surface area contributed by atoms with E-state index in [1.165, 1.54) is 6.92 Å². The van der Waals surface area contributed by atoms with Crippen molar-refractivity contribution in [1.82, 2.24) is 10.2 Å². The van der Waals surface area contributed by atoms with E-state index >= 15 is 0 Å². The van der Waals surface area contributed by atoms with Crippen molar-refractivity contribution in [3.63, 3.8) is 0 Å². The molecule has 1 atom stereocenters. The second-order valence-electron chi connectivity index (χ2n) is 6.04. The van der Waals surface area contributed by atoms with E-state index in [2.05, 4.69) is 10.6 Å². The number of hydrogen-bond acceptors (Lipinski definition) is 4. The molecule has 1 heterocycles. The first-order valence-electron chi connectivity index (χ1n) is 7.87. The van der Waals surface area contributed by atoms with E-state index in [-0.39, 0.29) is 12.1 Å². The zero-order valence-corrected chi connectivity index (χ0v) is 14.7. The summed E-state index contributed by atoms with van der Waals surface area (Å²) in [6.07, 6.45) is 2.25. The molecule has 1 aliphatic heterocycles. The average Bonchev–Trinajstić information content (AvgIpc) is 2.54. The Morgan fingerprint density at radius 2 is 1.75 bits per heavy atom. The van der Waals surface area contributed by atoms with Gasteiger partial charge in [0.05, 0.1) is 0 Å². The molecule has 1 aliphatic rings. The van der Waals surface area contributed by atoms with Gasteiger partial charge in [-0.2, -0.15) is 0 Å². The van der Waals surface area contributed by atoms with Gasteiger partial charge in [0.2, 0.25) is 5.91 Å². The van der Waals surface area contributed by atoms with Gasteiger partial charge in [0.25, 0.3) is 0 Å². The van der Waals surface area contributed by atoms with Crippen molar-refractivity contribution >= 4 is 27.5 Å². The number of sulfone groups is 1. The number of likely N-dealkylation sites (tertiary alicyclic amines) is 1. The lowest BCUT2D eigenvalue weighted by Crippen LogP contribution is -2.50. The van der Waals surface area contributed by atoms with Crippen molar-refractivity contribution in [2.24, 2.45) is 0 Å². The molecule has 3 amide bonds. The lowest BCUT2D eigenvalue weighted by molar-refractivity contribution is -0.121. The summed E-state index contributed by atoms with van der Waals surface area (Å²) in [7, 11) is -3.40. The quantitative estimate of drug-likeness (QED) is 0.851. The summed E-state index contributed by atoms with van der Waals surface area (Å²) in [6.45, 7) is 2.40. The van der Waals surface area contributed by atoms with Crippen molar-refractivity contribution in [3.05, 3.63) is 30.3 Å². The summed E-state index contributed by atoms with van der Waals surface area (Å²) in [6, 6.07) is 8.93. The summed E-state index contributed by atoms with van der Waals surface area (Å²) < 4.78 is 22.8. The van der Waals surface area contributed by atoms with Gasteiger partial charge in [0.15, 0.2) is 9.84 Å². The highest BCUT2D eigenvalue weighted by molar-refractivity contribution is 7.92. The van der Waals surface area contributed by atoms with E-state index in [0.29, 0.717) is 25.9 Å². The number of nitrogens with one attached hydrogen (secondary N) is 2. The molecular weight excluding hydrogens is 330 g/mol. The van der Waals surface area contributed by atoms with E-state index in [1.807, 2.05) is 30.3 Å². The van der Waals surface area contributed by atoms with Crippen LogP contribution in [0.5, 0.6) is 0 Å². The molecule has 1 fully saturated rings. The Kier molecular flexibility index (Phi) is 5.82. The van der Waals surface area contributed by atoms with Crippen LogP contribution < -0.4 is 10.6 Å². The van der Waals surface area contributed by atoms with Crippen molar-refractivity contribution < 1.29 is 18.0 Å². The van der Waals surface area contributed by atoms with Crippen LogP contribution in [-0.4, -0.2) is 55.9 Å². The molecule has 2 N–H and O–H groups in total. The molecule has 132 valence electrons. The van der Waals surface area contributed by atoms with Gasteiger partial charge < -0.3 is 15.5 Å². The van der Waals surface area contributed by atoms with Crippen molar-refractivity contribution in [2.75, 3.05) is 24.7 Å². The van der Waals surface area contributed by atoms with Crippen LogP contribution in [0.4, 0.5) is 10.5 Å². The molecule has 0 aliphatic carbocycles. The highest BCUT2D eigenvalue weighted by atomic mass is 32.2. The molecule has 1 aromatic rings. The van der Waals surface area contributed by atoms with E-state index in [0.717, 1.165) is 11.9 Å². The fourth-order valence-electron chi connectivity index (χ4n) is 2.46. The SMILES string of the molecule is CC(C(=O)NC1CCN(C(=O)Nc2ccccc2)CC1)S(C)(=O)=O. The molecule has 0 saturated carbocycles. The zero-order valence-electron chi connectivity index (χ0n) is 13.9. The van der Waals surface area contributed by atoms with Crippen molar-refractivity contribution in [3.8, 4) is 0 Å². The number of urea groups is 1. The van der Waals surface area contributed by atoms with Crippen molar-refractivity contribution in [2.45, 2.75) is 31.1 Å². The third-order valence-corrected chi connectivity index (χ3v) is 5.66. The van der Waals surface area contributed by atoms with E-state index in [9.17, 15) is 18.0 Å². The molecule has 0 bridgehead atoms. The minimum Gasteiger partial charge on any atom is -0.352 e. The van der Waals surface area contributed by atoms with Crippen LogP contribution in [0.3, 0.4) is 0 Å². The number of hydrogen-bond donors (Lipinski definition) is 2. The van der Waals surface area contributed by atoms with Gasteiger partial charge in [0, 0.05) is 31.1 Å². The number of nitrogens with zero attached hydrogens (tertiary/aromatic N) is 1. The van der Waals surface area contributed by atoms with Crippen LogP contribution in [0.25, 0.3) is 0 Å². The highest BCUT2D eigenvalue weighted by Crippen LogP contribution is 2.14. The predicted molar refractivity (Wildman–Crippen MR) is 92.5 cm³/mol. The minimum atomic E-state index is -3.40. The third-order valence-electron chi connectivity index (χ3n) is 4.17. The summed E-state index contributed by atoms with van der Waals surface area (Å²) in [5.41, 5.74) is 0.736. The number of anilines is 1. The standard InChI is InChI=1S/C16H23N3O4S/c1-12(24(2,22)23)15(20)17-14-8-10-19(11-9-14)16(21)18-13-6-4-3-5-7-13/h3-7,12,14H,8-11H2,1-2H3,(H,17,20)(H,18,21). The Labute approximate surface area is 142 Å². The van der Waals surface area contributed by atoms with Gasteiger partial charge in [0.1, 0.15) is 5.25 Å². The van der Waals surface area contributed by atoms with Crippen LogP contribution >= 0.6 is 0 Å². The van der Waals surface area contributed by atoms with Crippen LogP contribution in [0, 0.1) is 0 Å². The van der Waals surface area contributed by atoms with E-state index in [1.54, 1.807) is 4.90 Å². The van der Waals surface area contributed by atoms with Gasteiger partial charge in [-0.15, -0.1) is 0 Å². The second-order valence-corrected chi connectivity index (χ2v) is 8.40. The molecule has 1 saturated heterocycles. The molecular formula is C16H23N3O4S. The van der Waals surface area contributed by atoms with Gasteiger partial charge in [-0.05, 0) is 31.9 Å². The van der Waals surface area contributed by atoms with Gasteiger partial charge in [-0.1, -0.05) is 18.2 Å². The number of benzene rings is 1. The van der Waals surface area contributed by atoms with Gasteiger partial charge in [-0.25, -0.2) is 13.2 Å². The van der Waals surface area contributed by atoms with E-state index < -0.39 is 21.0 Å². The lowest BCUT2D eigenvalue weighted by Gasteiger charge is -2.32. The maximum atomic E-state index is 12.2. The van der Waals surface area contributed by atoms with Crippen LogP contribution in [0.2, 0.25) is 0 Å². The molecule has 0 aromatic heterocycles. The molecule has 2 rings (SSSR count). The first-order chi connectivity index (χ1) is 11.3. The summed E-state index contributed by atoms with van der Waals surface area (Å²) in [5, 5.41) is 4.53. The first kappa shape index (κ1) is 18.3. The van der Waals surface area contributed by atoms with Crippen LogP contribution in [0.1, 0.15) is 19.8 Å². The normalized spacial score (nSPS) is 17.2. The molecule has 1 unspecified atom stereocenters. The molecule has 0 spiro atoms. The monoisotopic (exact) mass is 353 g/mol.